The quantitative estimate of drug-likeness (QED) is 0.663. The molecule has 3 amide bonds. The molecule has 0 atom stereocenters. The molecule has 0 spiro atoms. The van der Waals surface area contributed by atoms with Crippen LogP contribution in [0.4, 0.5) is 18.0 Å². The third kappa shape index (κ3) is 6.08. The molecule has 0 radical (unpaired) electrons. The number of hydroxylamine groups is 2. The minimum atomic E-state index is -4.55. The highest BCUT2D eigenvalue weighted by Crippen LogP contribution is 2.34. The van der Waals surface area contributed by atoms with Gasteiger partial charge in [-0.2, -0.15) is 18.2 Å². The largest absolute Gasteiger partial charge is 0.416 e. The van der Waals surface area contributed by atoms with E-state index in [0.29, 0.717) is 6.54 Å². The maximum Gasteiger partial charge on any atom is 0.416 e. The zero-order valence-corrected chi connectivity index (χ0v) is 16.4. The highest BCUT2D eigenvalue weighted by Gasteiger charge is 2.33. The van der Waals surface area contributed by atoms with Gasteiger partial charge in [0.25, 0.3) is 0 Å². The number of halogens is 4. The number of likely N-dealkylation sites (N-methyl/N-ethyl adjacent to an activating group) is 1. The fourth-order valence-corrected chi connectivity index (χ4v) is 2.40. The SMILES string of the molecule is CCNC(=O)C(C)(C)NC(=O)N(CC)Oc1cc(Br)cc(C(F)(F)F)c1. The van der Waals surface area contributed by atoms with Gasteiger partial charge >= 0.3 is 12.2 Å². The van der Waals surface area contributed by atoms with Gasteiger partial charge in [-0.05, 0) is 45.9 Å². The summed E-state index contributed by atoms with van der Waals surface area (Å²) in [4.78, 5) is 29.6. The van der Waals surface area contributed by atoms with Gasteiger partial charge in [-0.15, -0.1) is 0 Å². The van der Waals surface area contributed by atoms with Gasteiger partial charge in [0, 0.05) is 11.0 Å². The lowest BCUT2D eigenvalue weighted by atomic mass is 10.1. The molecule has 0 heterocycles. The molecular formula is C16H21BrF3N3O3. The third-order valence-electron chi connectivity index (χ3n) is 3.25. The topological polar surface area (TPSA) is 70.7 Å². The predicted molar refractivity (Wildman–Crippen MR) is 93.4 cm³/mol. The van der Waals surface area contributed by atoms with E-state index < -0.39 is 29.2 Å². The first-order valence-corrected chi connectivity index (χ1v) is 8.63. The molecule has 0 fully saturated rings. The summed E-state index contributed by atoms with van der Waals surface area (Å²) in [5.41, 5.74) is -2.14. The molecule has 0 saturated heterocycles. The third-order valence-corrected chi connectivity index (χ3v) is 3.71. The van der Waals surface area contributed by atoms with Gasteiger partial charge in [0.1, 0.15) is 5.54 Å². The number of benzene rings is 1. The Labute approximate surface area is 158 Å². The maximum atomic E-state index is 12.9. The van der Waals surface area contributed by atoms with Crippen LogP contribution < -0.4 is 15.5 Å². The number of nitrogens with zero attached hydrogens (tertiary/aromatic N) is 1. The Morgan fingerprint density at radius 3 is 2.31 bits per heavy atom. The van der Waals surface area contributed by atoms with Crippen LogP contribution in [-0.4, -0.2) is 35.6 Å². The lowest BCUT2D eigenvalue weighted by Gasteiger charge is -2.29. The Morgan fingerprint density at radius 1 is 1.19 bits per heavy atom. The van der Waals surface area contributed by atoms with Crippen LogP contribution in [0.2, 0.25) is 0 Å². The number of carbonyl (C=O) groups is 2. The van der Waals surface area contributed by atoms with E-state index >= 15 is 0 Å². The molecular weight excluding hydrogens is 419 g/mol. The Bertz CT molecular complexity index is 666. The summed E-state index contributed by atoms with van der Waals surface area (Å²) in [5, 5.41) is 5.91. The Hall–Kier alpha value is -1.97. The van der Waals surface area contributed by atoms with Gasteiger partial charge in [0.15, 0.2) is 5.75 Å². The summed E-state index contributed by atoms with van der Waals surface area (Å²) in [6.45, 7) is 6.77. The zero-order valence-electron chi connectivity index (χ0n) is 14.8. The molecule has 10 heteroatoms. The first kappa shape index (κ1) is 22.1. The van der Waals surface area contributed by atoms with E-state index in [1.807, 2.05) is 0 Å². The van der Waals surface area contributed by atoms with Gasteiger partial charge in [-0.3, -0.25) is 4.79 Å². The van der Waals surface area contributed by atoms with Crippen molar-refractivity contribution < 1.29 is 27.6 Å². The highest BCUT2D eigenvalue weighted by atomic mass is 79.9. The summed E-state index contributed by atoms with van der Waals surface area (Å²) in [6.07, 6.45) is -4.55. The molecule has 0 aliphatic rings. The van der Waals surface area contributed by atoms with E-state index in [-0.39, 0.29) is 16.8 Å². The molecule has 0 aliphatic heterocycles. The fourth-order valence-electron chi connectivity index (χ4n) is 1.92. The number of carbonyl (C=O) groups excluding carboxylic acids is 2. The van der Waals surface area contributed by atoms with Crippen LogP contribution in [0.15, 0.2) is 22.7 Å². The smallest absolute Gasteiger partial charge is 0.375 e. The van der Waals surface area contributed by atoms with E-state index in [4.69, 9.17) is 4.84 Å². The molecule has 0 saturated carbocycles. The van der Waals surface area contributed by atoms with Crippen LogP contribution in [0, 0.1) is 0 Å². The lowest BCUT2D eigenvalue weighted by Crippen LogP contribution is -2.58. The minimum Gasteiger partial charge on any atom is -0.375 e. The van der Waals surface area contributed by atoms with E-state index in [2.05, 4.69) is 26.6 Å². The van der Waals surface area contributed by atoms with Gasteiger partial charge in [-0.1, -0.05) is 15.9 Å². The first-order valence-electron chi connectivity index (χ1n) is 7.84. The normalized spacial score (nSPS) is 11.7. The Balaban J connectivity index is 2.95. The van der Waals surface area contributed by atoms with Crippen molar-refractivity contribution in [2.45, 2.75) is 39.4 Å². The minimum absolute atomic E-state index is 0.0468. The Kier molecular flexibility index (Phi) is 7.31. The molecule has 2 N–H and O–H groups in total. The molecule has 146 valence electrons. The zero-order chi connectivity index (χ0) is 20.1. The maximum absolute atomic E-state index is 12.9. The molecule has 1 aromatic rings. The molecule has 1 rings (SSSR count). The molecule has 1 aromatic carbocycles. The number of hydrogen-bond acceptors (Lipinski definition) is 3. The van der Waals surface area contributed by atoms with Gasteiger partial charge in [0.2, 0.25) is 5.91 Å². The van der Waals surface area contributed by atoms with Crippen LogP contribution in [0.3, 0.4) is 0 Å². The number of alkyl halides is 3. The van der Waals surface area contributed by atoms with Crippen LogP contribution in [0.1, 0.15) is 33.3 Å². The average molecular weight is 440 g/mol. The Morgan fingerprint density at radius 2 is 1.81 bits per heavy atom. The summed E-state index contributed by atoms with van der Waals surface area (Å²) < 4.78 is 38.8. The van der Waals surface area contributed by atoms with Gasteiger partial charge < -0.3 is 15.5 Å². The summed E-state index contributed by atoms with van der Waals surface area (Å²) >= 11 is 2.99. The number of rotatable bonds is 6. The van der Waals surface area contributed by atoms with E-state index in [1.165, 1.54) is 19.9 Å². The first-order chi connectivity index (χ1) is 11.9. The number of amides is 3. The van der Waals surface area contributed by atoms with Crippen LogP contribution >= 0.6 is 15.9 Å². The standard InChI is InChI=1S/C16H21BrF3N3O3/c1-5-21-13(24)15(3,4)22-14(25)23(6-2)26-12-8-10(16(18,19)20)7-11(17)9-12/h7-9H,5-6H2,1-4H3,(H,21,24)(H,22,25). The van der Waals surface area contributed by atoms with Crippen molar-refractivity contribution in [3.05, 3.63) is 28.2 Å². The second-order valence-electron chi connectivity index (χ2n) is 5.87. The molecule has 0 aliphatic carbocycles. The monoisotopic (exact) mass is 439 g/mol. The summed E-state index contributed by atoms with van der Waals surface area (Å²) in [6, 6.07) is 2.24. The van der Waals surface area contributed by atoms with E-state index in [0.717, 1.165) is 17.2 Å². The number of hydrogen-bond donors (Lipinski definition) is 2. The van der Waals surface area contributed by atoms with Gasteiger partial charge in [0.05, 0.1) is 12.1 Å². The van der Waals surface area contributed by atoms with Crippen molar-refractivity contribution in [3.63, 3.8) is 0 Å². The van der Waals surface area contributed by atoms with Crippen LogP contribution in [0.5, 0.6) is 5.75 Å². The van der Waals surface area contributed by atoms with Crippen molar-refractivity contribution >= 4 is 27.9 Å². The number of nitrogens with one attached hydrogen (secondary N) is 2. The molecule has 0 unspecified atom stereocenters. The second kappa shape index (κ2) is 8.61. The summed E-state index contributed by atoms with van der Waals surface area (Å²) in [5.74, 6) is -0.564. The lowest BCUT2D eigenvalue weighted by molar-refractivity contribution is -0.138. The van der Waals surface area contributed by atoms with Crippen molar-refractivity contribution in [2.75, 3.05) is 13.1 Å². The molecule has 26 heavy (non-hydrogen) atoms. The van der Waals surface area contributed by atoms with E-state index in [1.54, 1.807) is 13.8 Å². The van der Waals surface area contributed by atoms with Crippen molar-refractivity contribution in [1.82, 2.24) is 15.7 Å². The van der Waals surface area contributed by atoms with E-state index in [9.17, 15) is 22.8 Å². The van der Waals surface area contributed by atoms with Gasteiger partial charge in [-0.25, -0.2) is 4.79 Å². The average Bonchev–Trinajstić information content (AvgIpc) is 2.50. The highest BCUT2D eigenvalue weighted by molar-refractivity contribution is 9.10. The number of urea groups is 1. The molecule has 0 bridgehead atoms. The fraction of sp³-hybridized carbons (Fsp3) is 0.500. The molecule has 0 aromatic heterocycles. The van der Waals surface area contributed by atoms with Crippen LogP contribution in [0.25, 0.3) is 0 Å². The second-order valence-corrected chi connectivity index (χ2v) is 6.79. The summed E-state index contributed by atoms with van der Waals surface area (Å²) in [7, 11) is 0. The molecule has 6 nitrogen and oxygen atoms in total. The van der Waals surface area contributed by atoms with Crippen molar-refractivity contribution in [1.29, 1.82) is 0 Å². The van der Waals surface area contributed by atoms with Crippen LogP contribution in [-0.2, 0) is 11.0 Å². The predicted octanol–water partition coefficient (Wildman–Crippen LogP) is 3.71. The van der Waals surface area contributed by atoms with Crippen molar-refractivity contribution in [3.8, 4) is 5.75 Å². The van der Waals surface area contributed by atoms with Crippen molar-refractivity contribution in [2.24, 2.45) is 0 Å².